The van der Waals surface area contributed by atoms with Crippen molar-refractivity contribution in [2.45, 2.75) is 6.04 Å². The van der Waals surface area contributed by atoms with Gasteiger partial charge in [-0.3, -0.25) is 0 Å². The Morgan fingerprint density at radius 2 is 2.43 bits per heavy atom. The first-order valence-corrected chi connectivity index (χ1v) is 5.01. The lowest BCUT2D eigenvalue weighted by molar-refractivity contribution is 0.295. The number of ether oxygens (including phenoxy) is 1. The van der Waals surface area contributed by atoms with Gasteiger partial charge in [0.15, 0.2) is 0 Å². The molecule has 1 atom stereocenters. The molecule has 1 N–H and O–H groups in total. The lowest BCUT2D eigenvalue weighted by Crippen LogP contribution is -2.29. The normalized spacial score (nSPS) is 11.8. The van der Waals surface area contributed by atoms with Gasteiger partial charge >= 0.3 is 0 Å². The summed E-state index contributed by atoms with van der Waals surface area (Å²) in [6.07, 6.45) is 0. The molecular formula is C10H11BrN2O. The maximum absolute atomic E-state index is 8.66. The Hall–Kier alpha value is -1.05. The summed E-state index contributed by atoms with van der Waals surface area (Å²) in [4.78, 5) is 0. The van der Waals surface area contributed by atoms with Crippen LogP contribution in [0, 0.1) is 11.3 Å². The van der Waals surface area contributed by atoms with Crippen molar-refractivity contribution in [2.24, 2.45) is 0 Å². The van der Waals surface area contributed by atoms with Gasteiger partial charge in [-0.2, -0.15) is 5.26 Å². The number of nitrogens with one attached hydrogen (secondary N) is 1. The highest BCUT2D eigenvalue weighted by molar-refractivity contribution is 9.10. The predicted octanol–water partition coefficient (Wildman–Crippen LogP) is 1.94. The second-order valence-corrected chi connectivity index (χ2v) is 3.65. The van der Waals surface area contributed by atoms with Gasteiger partial charge in [0, 0.05) is 4.47 Å². The van der Waals surface area contributed by atoms with E-state index in [-0.39, 0.29) is 6.04 Å². The maximum Gasteiger partial charge on any atom is 0.129 e. The van der Waals surface area contributed by atoms with E-state index in [1.807, 2.05) is 24.3 Å². The Balaban J connectivity index is 2.50. The van der Waals surface area contributed by atoms with E-state index < -0.39 is 0 Å². The minimum Gasteiger partial charge on any atom is -0.491 e. The highest BCUT2D eigenvalue weighted by Gasteiger charge is 2.04. The standard InChI is InChI=1S/C10H11BrN2O/c1-13-9(6-12)7-14-10-4-2-3-8(11)5-10/h2-5,9,13H,7H2,1H3. The van der Waals surface area contributed by atoms with Gasteiger partial charge in [0.25, 0.3) is 0 Å². The summed E-state index contributed by atoms with van der Waals surface area (Å²) in [7, 11) is 1.73. The Bertz CT molecular complexity index is 335. The molecule has 0 bridgehead atoms. The molecule has 0 spiro atoms. The smallest absolute Gasteiger partial charge is 0.129 e. The zero-order chi connectivity index (χ0) is 10.4. The Morgan fingerprint density at radius 3 is 3.00 bits per heavy atom. The van der Waals surface area contributed by atoms with Crippen molar-refractivity contribution in [3.05, 3.63) is 28.7 Å². The summed E-state index contributed by atoms with van der Waals surface area (Å²) in [5, 5.41) is 11.5. The molecule has 0 heterocycles. The van der Waals surface area contributed by atoms with Crippen LogP contribution in [-0.2, 0) is 0 Å². The first-order chi connectivity index (χ1) is 6.76. The van der Waals surface area contributed by atoms with Gasteiger partial charge < -0.3 is 10.1 Å². The molecule has 0 aliphatic carbocycles. The van der Waals surface area contributed by atoms with E-state index in [9.17, 15) is 0 Å². The third-order valence-corrected chi connectivity index (χ3v) is 2.21. The molecule has 0 aliphatic rings. The van der Waals surface area contributed by atoms with Crippen molar-refractivity contribution in [1.82, 2.24) is 5.32 Å². The van der Waals surface area contributed by atoms with Crippen LogP contribution < -0.4 is 10.1 Å². The van der Waals surface area contributed by atoms with E-state index in [2.05, 4.69) is 27.3 Å². The van der Waals surface area contributed by atoms with Crippen molar-refractivity contribution in [2.75, 3.05) is 13.7 Å². The summed E-state index contributed by atoms with van der Waals surface area (Å²) in [5.74, 6) is 0.759. The van der Waals surface area contributed by atoms with E-state index in [0.717, 1.165) is 10.2 Å². The minimum atomic E-state index is -0.269. The van der Waals surface area contributed by atoms with Gasteiger partial charge in [0.2, 0.25) is 0 Å². The van der Waals surface area contributed by atoms with Crippen LogP contribution in [0.3, 0.4) is 0 Å². The number of rotatable bonds is 4. The zero-order valence-electron chi connectivity index (χ0n) is 7.83. The van der Waals surface area contributed by atoms with Gasteiger partial charge in [-0.25, -0.2) is 0 Å². The highest BCUT2D eigenvalue weighted by atomic mass is 79.9. The molecule has 0 amide bonds. The summed E-state index contributed by atoms with van der Waals surface area (Å²) >= 11 is 3.34. The quantitative estimate of drug-likeness (QED) is 0.894. The molecule has 14 heavy (non-hydrogen) atoms. The van der Waals surface area contributed by atoms with E-state index in [1.165, 1.54) is 0 Å². The Kier molecular flexibility index (Phi) is 4.44. The SMILES string of the molecule is CNC(C#N)COc1cccc(Br)c1. The molecule has 1 unspecified atom stereocenters. The number of nitrogens with zero attached hydrogens (tertiary/aromatic N) is 1. The van der Waals surface area contributed by atoms with Crippen LogP contribution in [-0.4, -0.2) is 19.7 Å². The van der Waals surface area contributed by atoms with Gasteiger partial charge in [-0.15, -0.1) is 0 Å². The number of benzene rings is 1. The van der Waals surface area contributed by atoms with Gasteiger partial charge in [-0.1, -0.05) is 22.0 Å². The molecule has 0 fully saturated rings. The first-order valence-electron chi connectivity index (χ1n) is 4.21. The average molecular weight is 255 g/mol. The van der Waals surface area contributed by atoms with Crippen LogP contribution >= 0.6 is 15.9 Å². The molecule has 0 saturated heterocycles. The summed E-state index contributed by atoms with van der Waals surface area (Å²) in [6, 6.07) is 9.35. The molecule has 0 aromatic heterocycles. The zero-order valence-corrected chi connectivity index (χ0v) is 9.41. The van der Waals surface area contributed by atoms with Gasteiger partial charge in [0.05, 0.1) is 6.07 Å². The largest absolute Gasteiger partial charge is 0.491 e. The lowest BCUT2D eigenvalue weighted by atomic mass is 10.3. The van der Waals surface area contributed by atoms with Crippen molar-refractivity contribution in [3.8, 4) is 11.8 Å². The van der Waals surface area contributed by atoms with Crippen LogP contribution in [0.4, 0.5) is 0 Å². The first kappa shape index (κ1) is 11.0. The van der Waals surface area contributed by atoms with Crippen molar-refractivity contribution >= 4 is 15.9 Å². The second-order valence-electron chi connectivity index (χ2n) is 2.74. The van der Waals surface area contributed by atoms with Crippen LogP contribution in [0.1, 0.15) is 0 Å². The maximum atomic E-state index is 8.66. The number of nitriles is 1. The molecule has 1 aromatic rings. The second kappa shape index (κ2) is 5.63. The summed E-state index contributed by atoms with van der Waals surface area (Å²) in [6.45, 7) is 0.351. The van der Waals surface area contributed by atoms with Gasteiger partial charge in [-0.05, 0) is 25.2 Å². The van der Waals surface area contributed by atoms with Crippen molar-refractivity contribution < 1.29 is 4.74 Å². The van der Waals surface area contributed by atoms with E-state index >= 15 is 0 Å². The molecule has 1 rings (SSSR count). The van der Waals surface area contributed by atoms with E-state index in [4.69, 9.17) is 10.00 Å². The molecule has 74 valence electrons. The fraction of sp³-hybridized carbons (Fsp3) is 0.300. The molecule has 1 aromatic carbocycles. The van der Waals surface area contributed by atoms with Crippen LogP contribution in [0.15, 0.2) is 28.7 Å². The average Bonchev–Trinajstić information content (AvgIpc) is 2.19. The van der Waals surface area contributed by atoms with Crippen LogP contribution in [0.2, 0.25) is 0 Å². The predicted molar refractivity (Wildman–Crippen MR) is 58.1 cm³/mol. The molecule has 0 radical (unpaired) electrons. The molecule has 4 heteroatoms. The highest BCUT2D eigenvalue weighted by Crippen LogP contribution is 2.17. The third kappa shape index (κ3) is 3.36. The number of hydrogen-bond acceptors (Lipinski definition) is 3. The van der Waals surface area contributed by atoms with Crippen LogP contribution in [0.25, 0.3) is 0 Å². The topological polar surface area (TPSA) is 45.0 Å². The molecule has 3 nitrogen and oxygen atoms in total. The fourth-order valence-corrected chi connectivity index (χ4v) is 1.30. The lowest BCUT2D eigenvalue weighted by Gasteiger charge is -2.09. The number of hydrogen-bond donors (Lipinski definition) is 1. The molecular weight excluding hydrogens is 244 g/mol. The minimum absolute atomic E-state index is 0.269. The van der Waals surface area contributed by atoms with Gasteiger partial charge in [0.1, 0.15) is 18.4 Å². The van der Waals surface area contributed by atoms with E-state index in [1.54, 1.807) is 7.05 Å². The third-order valence-electron chi connectivity index (χ3n) is 1.72. The fourth-order valence-electron chi connectivity index (χ4n) is 0.921. The van der Waals surface area contributed by atoms with Crippen molar-refractivity contribution in [3.63, 3.8) is 0 Å². The monoisotopic (exact) mass is 254 g/mol. The Morgan fingerprint density at radius 1 is 1.64 bits per heavy atom. The van der Waals surface area contributed by atoms with E-state index in [0.29, 0.717) is 6.61 Å². The Labute approximate surface area is 91.8 Å². The number of halogens is 1. The summed E-state index contributed by atoms with van der Waals surface area (Å²) < 4.78 is 6.38. The van der Waals surface area contributed by atoms with Crippen molar-refractivity contribution in [1.29, 1.82) is 5.26 Å². The number of likely N-dealkylation sites (N-methyl/N-ethyl adjacent to an activating group) is 1. The van der Waals surface area contributed by atoms with Crippen LogP contribution in [0.5, 0.6) is 5.75 Å². The molecule has 0 aliphatic heterocycles. The summed E-state index contributed by atoms with van der Waals surface area (Å²) in [5.41, 5.74) is 0. The molecule has 0 saturated carbocycles.